The molecule has 2 heteroatoms. The first-order valence-electron chi connectivity index (χ1n) is 6.71. The largest absolute Gasteiger partial charge is 0.302 e. The minimum absolute atomic E-state index is 0.421. The second-order valence-electron chi connectivity index (χ2n) is 5.33. The molecule has 0 amide bonds. The summed E-state index contributed by atoms with van der Waals surface area (Å²) in [4.78, 5) is 2.58. The molecule has 1 aliphatic heterocycles. The van der Waals surface area contributed by atoms with Crippen LogP contribution in [0.15, 0.2) is 0 Å². The summed E-state index contributed by atoms with van der Waals surface area (Å²) in [6.07, 6.45) is 11.3. The molecule has 0 aromatic heterocycles. The third-order valence-electron chi connectivity index (χ3n) is 4.03. The zero-order chi connectivity index (χ0) is 10.5. The Morgan fingerprint density at radius 1 is 1.00 bits per heavy atom. The average molecular weight is 230 g/mol. The first-order chi connectivity index (χ1) is 7.34. The van der Waals surface area contributed by atoms with Crippen molar-refractivity contribution in [3.8, 4) is 0 Å². The summed E-state index contributed by atoms with van der Waals surface area (Å²) in [5.74, 6) is 1.02. The van der Waals surface area contributed by atoms with Crippen LogP contribution in [0.4, 0.5) is 0 Å². The first kappa shape index (κ1) is 11.7. The minimum Gasteiger partial charge on any atom is -0.302 e. The standard InChI is InChI=1S/C13H24ClN/c14-13-7-4-9-15(11-13)10-8-12-5-2-1-3-6-12/h12-13H,1-11H2. The fourth-order valence-electron chi connectivity index (χ4n) is 3.04. The Labute approximate surface area is 99.2 Å². The molecule has 0 radical (unpaired) electrons. The van der Waals surface area contributed by atoms with E-state index >= 15 is 0 Å². The van der Waals surface area contributed by atoms with Crippen molar-refractivity contribution in [2.75, 3.05) is 19.6 Å². The number of hydrogen-bond donors (Lipinski definition) is 0. The van der Waals surface area contributed by atoms with Crippen LogP contribution in [0, 0.1) is 5.92 Å². The number of likely N-dealkylation sites (tertiary alicyclic amines) is 1. The third-order valence-corrected chi connectivity index (χ3v) is 4.38. The topological polar surface area (TPSA) is 3.24 Å². The van der Waals surface area contributed by atoms with Crippen molar-refractivity contribution in [1.29, 1.82) is 0 Å². The lowest BCUT2D eigenvalue weighted by molar-refractivity contribution is 0.203. The molecule has 0 bridgehead atoms. The van der Waals surface area contributed by atoms with E-state index in [0.717, 1.165) is 12.5 Å². The van der Waals surface area contributed by atoms with Gasteiger partial charge in [-0.15, -0.1) is 11.6 Å². The molecule has 0 aromatic rings. The molecule has 0 N–H and O–H groups in total. The second kappa shape index (κ2) is 6.10. The molecule has 1 saturated carbocycles. The molecule has 1 atom stereocenters. The summed E-state index contributed by atoms with van der Waals surface area (Å²) in [6.45, 7) is 3.72. The van der Waals surface area contributed by atoms with Gasteiger partial charge in [0, 0.05) is 11.9 Å². The Balaban J connectivity index is 1.63. The lowest BCUT2D eigenvalue weighted by Gasteiger charge is -2.31. The molecular formula is C13H24ClN. The predicted molar refractivity (Wildman–Crippen MR) is 66.5 cm³/mol. The van der Waals surface area contributed by atoms with Crippen molar-refractivity contribution in [1.82, 2.24) is 4.90 Å². The van der Waals surface area contributed by atoms with Gasteiger partial charge in [0.25, 0.3) is 0 Å². The van der Waals surface area contributed by atoms with Crippen LogP contribution in [0.1, 0.15) is 51.4 Å². The fourth-order valence-corrected chi connectivity index (χ4v) is 3.39. The van der Waals surface area contributed by atoms with E-state index in [-0.39, 0.29) is 0 Å². The quantitative estimate of drug-likeness (QED) is 0.668. The van der Waals surface area contributed by atoms with E-state index in [2.05, 4.69) is 4.90 Å². The average Bonchev–Trinajstić information content (AvgIpc) is 2.28. The van der Waals surface area contributed by atoms with Crippen molar-refractivity contribution < 1.29 is 0 Å². The zero-order valence-corrected chi connectivity index (χ0v) is 10.5. The molecule has 1 aliphatic carbocycles. The maximum Gasteiger partial charge on any atom is 0.0463 e. The fraction of sp³-hybridized carbons (Fsp3) is 1.00. The zero-order valence-electron chi connectivity index (χ0n) is 9.76. The lowest BCUT2D eigenvalue weighted by Crippen LogP contribution is -2.37. The van der Waals surface area contributed by atoms with E-state index in [1.165, 1.54) is 64.5 Å². The van der Waals surface area contributed by atoms with Crippen LogP contribution < -0.4 is 0 Å². The van der Waals surface area contributed by atoms with Gasteiger partial charge in [0.05, 0.1) is 0 Å². The van der Waals surface area contributed by atoms with Crippen molar-refractivity contribution >= 4 is 11.6 Å². The molecule has 0 aromatic carbocycles. The first-order valence-corrected chi connectivity index (χ1v) is 7.14. The molecule has 2 rings (SSSR count). The molecule has 1 nitrogen and oxygen atoms in total. The highest BCUT2D eigenvalue weighted by Gasteiger charge is 2.19. The van der Waals surface area contributed by atoms with E-state index in [9.17, 15) is 0 Å². The Bertz CT molecular complexity index is 177. The van der Waals surface area contributed by atoms with Crippen LogP contribution in [0.3, 0.4) is 0 Å². The van der Waals surface area contributed by atoms with E-state index in [0.29, 0.717) is 5.38 Å². The van der Waals surface area contributed by atoms with Crippen molar-refractivity contribution in [2.24, 2.45) is 5.92 Å². The summed E-state index contributed by atoms with van der Waals surface area (Å²) >= 11 is 6.19. The Kier molecular flexibility index (Phi) is 4.77. The molecular weight excluding hydrogens is 206 g/mol. The lowest BCUT2D eigenvalue weighted by atomic mass is 9.87. The molecule has 2 fully saturated rings. The van der Waals surface area contributed by atoms with Gasteiger partial charge in [-0.1, -0.05) is 32.1 Å². The van der Waals surface area contributed by atoms with Crippen molar-refractivity contribution in [2.45, 2.75) is 56.7 Å². The summed E-state index contributed by atoms with van der Waals surface area (Å²) < 4.78 is 0. The van der Waals surface area contributed by atoms with Gasteiger partial charge in [0.1, 0.15) is 0 Å². The summed E-state index contributed by atoms with van der Waals surface area (Å²) in [5, 5.41) is 0.421. The van der Waals surface area contributed by atoms with Crippen LogP contribution >= 0.6 is 11.6 Å². The van der Waals surface area contributed by atoms with E-state index in [1.54, 1.807) is 0 Å². The van der Waals surface area contributed by atoms with Gasteiger partial charge in [-0.25, -0.2) is 0 Å². The molecule has 1 unspecified atom stereocenters. The highest BCUT2D eigenvalue weighted by atomic mass is 35.5. The monoisotopic (exact) mass is 229 g/mol. The molecule has 15 heavy (non-hydrogen) atoms. The van der Waals surface area contributed by atoms with E-state index < -0.39 is 0 Å². The van der Waals surface area contributed by atoms with E-state index in [4.69, 9.17) is 11.6 Å². The number of nitrogens with zero attached hydrogens (tertiary/aromatic N) is 1. The normalized spacial score (nSPS) is 30.6. The third kappa shape index (κ3) is 3.96. The van der Waals surface area contributed by atoms with Crippen LogP contribution in [-0.4, -0.2) is 29.9 Å². The van der Waals surface area contributed by atoms with Crippen LogP contribution in [0.2, 0.25) is 0 Å². The van der Waals surface area contributed by atoms with E-state index in [1.807, 2.05) is 0 Å². The molecule has 1 saturated heterocycles. The maximum absolute atomic E-state index is 6.19. The van der Waals surface area contributed by atoms with Crippen LogP contribution in [0.5, 0.6) is 0 Å². The number of halogens is 1. The summed E-state index contributed by atoms with van der Waals surface area (Å²) in [7, 11) is 0. The van der Waals surface area contributed by atoms with Gasteiger partial charge in [-0.2, -0.15) is 0 Å². The second-order valence-corrected chi connectivity index (χ2v) is 5.95. The number of hydrogen-bond acceptors (Lipinski definition) is 1. The van der Waals surface area contributed by atoms with Gasteiger partial charge >= 0.3 is 0 Å². The number of rotatable bonds is 3. The Hall–Kier alpha value is 0.250. The molecule has 0 spiro atoms. The van der Waals surface area contributed by atoms with Crippen LogP contribution in [0.25, 0.3) is 0 Å². The summed E-state index contributed by atoms with van der Waals surface area (Å²) in [6, 6.07) is 0. The number of piperidine rings is 1. The molecule has 88 valence electrons. The minimum atomic E-state index is 0.421. The maximum atomic E-state index is 6.19. The van der Waals surface area contributed by atoms with Crippen molar-refractivity contribution in [3.63, 3.8) is 0 Å². The van der Waals surface area contributed by atoms with Crippen molar-refractivity contribution in [3.05, 3.63) is 0 Å². The molecule has 2 aliphatic rings. The predicted octanol–water partition coefficient (Wildman–Crippen LogP) is 3.66. The highest BCUT2D eigenvalue weighted by Crippen LogP contribution is 2.27. The number of alkyl halides is 1. The van der Waals surface area contributed by atoms with Gasteiger partial charge in [-0.3, -0.25) is 0 Å². The summed E-state index contributed by atoms with van der Waals surface area (Å²) in [5.41, 5.74) is 0. The SMILES string of the molecule is ClC1CCCN(CCC2CCCCC2)C1. The van der Waals surface area contributed by atoms with Gasteiger partial charge in [0.2, 0.25) is 0 Å². The Morgan fingerprint density at radius 3 is 2.53 bits per heavy atom. The highest BCUT2D eigenvalue weighted by molar-refractivity contribution is 6.20. The Morgan fingerprint density at radius 2 is 1.80 bits per heavy atom. The van der Waals surface area contributed by atoms with Crippen LogP contribution in [-0.2, 0) is 0 Å². The van der Waals surface area contributed by atoms with Gasteiger partial charge in [-0.05, 0) is 38.3 Å². The van der Waals surface area contributed by atoms with Gasteiger partial charge < -0.3 is 4.90 Å². The molecule has 1 heterocycles. The van der Waals surface area contributed by atoms with Gasteiger partial charge in [0.15, 0.2) is 0 Å². The smallest absolute Gasteiger partial charge is 0.0463 e.